The van der Waals surface area contributed by atoms with E-state index >= 15 is 0 Å². The first-order chi connectivity index (χ1) is 12.5. The molecule has 0 unspecified atom stereocenters. The van der Waals surface area contributed by atoms with Crippen molar-refractivity contribution >= 4 is 29.5 Å². The number of benzene rings is 2. The molecule has 0 fully saturated rings. The highest BCUT2D eigenvalue weighted by molar-refractivity contribution is 6.48. The van der Waals surface area contributed by atoms with Crippen LogP contribution >= 0.6 is 0 Å². The lowest BCUT2D eigenvalue weighted by Crippen LogP contribution is -2.24. The number of rotatable bonds is 5. The van der Waals surface area contributed by atoms with Gasteiger partial charge in [-0.15, -0.1) is 0 Å². The summed E-state index contributed by atoms with van der Waals surface area (Å²) in [6, 6.07) is 14.2. The van der Waals surface area contributed by atoms with E-state index in [1.165, 1.54) is 17.3 Å². The van der Waals surface area contributed by atoms with Crippen molar-refractivity contribution in [3.63, 3.8) is 0 Å². The van der Waals surface area contributed by atoms with Crippen molar-refractivity contribution in [3.05, 3.63) is 76.5 Å². The second-order valence-electron chi connectivity index (χ2n) is 6.14. The molecule has 0 radical (unpaired) electrons. The summed E-state index contributed by atoms with van der Waals surface area (Å²) >= 11 is 0. The predicted molar refractivity (Wildman–Crippen MR) is 111 cm³/mol. The molecule has 1 amide bonds. The number of amides is 1. The Bertz CT molecular complexity index is 892. The van der Waals surface area contributed by atoms with E-state index in [0.29, 0.717) is 11.3 Å². The van der Waals surface area contributed by atoms with Gasteiger partial charge in [0.1, 0.15) is 5.71 Å². The summed E-state index contributed by atoms with van der Waals surface area (Å²) in [5.41, 5.74) is 11.7. The predicted octanol–water partition coefficient (Wildman–Crippen LogP) is 4.35. The average molecular weight is 347 g/mol. The van der Waals surface area contributed by atoms with Gasteiger partial charge in [0.15, 0.2) is 0 Å². The van der Waals surface area contributed by atoms with Crippen LogP contribution < -0.4 is 11.1 Å². The Labute approximate surface area is 155 Å². The number of nitrogens with one attached hydrogen (secondary N) is 1. The van der Waals surface area contributed by atoms with Gasteiger partial charge in [0, 0.05) is 12.7 Å². The Morgan fingerprint density at radius 2 is 1.81 bits per heavy atom. The molecule has 0 aliphatic rings. The minimum atomic E-state index is -0.266. The Balaban J connectivity index is 2.17. The average Bonchev–Trinajstić information content (AvgIpc) is 2.63. The van der Waals surface area contributed by atoms with Crippen LogP contribution in [0.3, 0.4) is 0 Å². The molecule has 0 saturated carbocycles. The van der Waals surface area contributed by atoms with Crippen molar-refractivity contribution in [2.45, 2.75) is 20.8 Å². The molecule has 26 heavy (non-hydrogen) atoms. The molecule has 0 bridgehead atoms. The Hall–Kier alpha value is -3.14. The van der Waals surface area contributed by atoms with Crippen molar-refractivity contribution in [1.29, 1.82) is 0 Å². The van der Waals surface area contributed by atoms with Crippen LogP contribution in [0.4, 0.5) is 5.69 Å². The maximum atomic E-state index is 12.4. The van der Waals surface area contributed by atoms with Gasteiger partial charge in [-0.25, -0.2) is 0 Å². The third-order valence-electron chi connectivity index (χ3n) is 4.20. The van der Waals surface area contributed by atoms with Crippen molar-refractivity contribution in [3.8, 4) is 0 Å². The van der Waals surface area contributed by atoms with Gasteiger partial charge >= 0.3 is 0 Å². The maximum Gasteiger partial charge on any atom is 0.274 e. The normalized spacial score (nSPS) is 12.5. The topological polar surface area (TPSA) is 67.5 Å². The fourth-order valence-electron chi connectivity index (χ4n) is 2.61. The SMILES string of the molecule is CN=C(C(=O)Nc1ccc(/C=C/c2ccccc2C)cc1C)C(C)=CN. The van der Waals surface area contributed by atoms with E-state index in [1.54, 1.807) is 14.0 Å². The molecule has 0 aromatic heterocycles. The number of nitrogens with zero attached hydrogens (tertiary/aromatic N) is 1. The minimum Gasteiger partial charge on any atom is -0.404 e. The molecule has 2 rings (SSSR count). The largest absolute Gasteiger partial charge is 0.404 e. The summed E-state index contributed by atoms with van der Waals surface area (Å²) < 4.78 is 0. The zero-order valence-corrected chi connectivity index (χ0v) is 15.7. The summed E-state index contributed by atoms with van der Waals surface area (Å²) in [5.74, 6) is -0.266. The summed E-state index contributed by atoms with van der Waals surface area (Å²) in [7, 11) is 1.58. The number of nitrogens with two attached hydrogens (primary N) is 1. The molecular formula is C22H25N3O. The lowest BCUT2D eigenvalue weighted by molar-refractivity contribution is -0.110. The number of anilines is 1. The van der Waals surface area contributed by atoms with Gasteiger partial charge in [0.05, 0.1) is 0 Å². The first kappa shape index (κ1) is 19.2. The van der Waals surface area contributed by atoms with E-state index in [9.17, 15) is 4.79 Å². The molecule has 2 aromatic rings. The highest BCUT2D eigenvalue weighted by Crippen LogP contribution is 2.19. The number of carbonyl (C=O) groups excluding carboxylic acids is 1. The van der Waals surface area contributed by atoms with Crippen molar-refractivity contribution in [2.24, 2.45) is 10.7 Å². The number of carbonyl (C=O) groups is 1. The third kappa shape index (κ3) is 4.70. The Kier molecular flexibility index (Phi) is 6.50. The highest BCUT2D eigenvalue weighted by Gasteiger charge is 2.13. The minimum absolute atomic E-state index is 0.266. The molecule has 0 spiro atoms. The first-order valence-corrected chi connectivity index (χ1v) is 8.47. The van der Waals surface area contributed by atoms with Gasteiger partial charge in [-0.3, -0.25) is 9.79 Å². The van der Waals surface area contributed by atoms with Crippen LogP contribution in [-0.2, 0) is 4.79 Å². The summed E-state index contributed by atoms with van der Waals surface area (Å²) in [4.78, 5) is 16.4. The molecule has 0 aliphatic heterocycles. The van der Waals surface area contributed by atoms with Crippen molar-refractivity contribution in [1.82, 2.24) is 0 Å². The van der Waals surface area contributed by atoms with Gasteiger partial charge in [0.25, 0.3) is 5.91 Å². The molecule has 4 nitrogen and oxygen atoms in total. The second-order valence-corrected chi connectivity index (χ2v) is 6.14. The summed E-state index contributed by atoms with van der Waals surface area (Å²) in [6.45, 7) is 5.82. The molecule has 0 aliphatic carbocycles. The third-order valence-corrected chi connectivity index (χ3v) is 4.20. The van der Waals surface area contributed by atoms with Crippen molar-refractivity contribution in [2.75, 3.05) is 12.4 Å². The smallest absolute Gasteiger partial charge is 0.274 e. The van der Waals surface area contributed by atoms with Crippen LogP contribution in [0.2, 0.25) is 0 Å². The van der Waals surface area contributed by atoms with Crippen LogP contribution in [0.25, 0.3) is 12.2 Å². The van der Waals surface area contributed by atoms with Gasteiger partial charge < -0.3 is 11.1 Å². The maximum absolute atomic E-state index is 12.4. The lowest BCUT2D eigenvalue weighted by Gasteiger charge is -2.11. The van der Waals surface area contributed by atoms with Crippen LogP contribution in [0.1, 0.15) is 29.2 Å². The molecule has 0 heterocycles. The molecule has 3 N–H and O–H groups in total. The summed E-state index contributed by atoms with van der Waals surface area (Å²) in [5, 5.41) is 2.90. The Morgan fingerprint density at radius 3 is 2.42 bits per heavy atom. The fraction of sp³-hybridized carbons (Fsp3) is 0.182. The van der Waals surface area contributed by atoms with Crippen molar-refractivity contribution < 1.29 is 4.79 Å². The van der Waals surface area contributed by atoms with Gasteiger partial charge in [0.2, 0.25) is 0 Å². The second kappa shape index (κ2) is 8.81. The van der Waals surface area contributed by atoms with E-state index in [0.717, 1.165) is 16.8 Å². The standard InChI is InChI=1S/C22H25N3O/c1-15-7-5-6-8-19(15)11-9-18-10-12-20(16(2)13-18)25-22(26)21(24-4)17(3)14-23/h5-14H,23H2,1-4H3,(H,25,26)/b11-9+,17-14?,24-21?. The summed E-state index contributed by atoms with van der Waals surface area (Å²) in [6.07, 6.45) is 5.55. The van der Waals surface area contributed by atoms with Gasteiger partial charge in [-0.2, -0.15) is 0 Å². The van der Waals surface area contributed by atoms with Gasteiger partial charge in [-0.1, -0.05) is 42.5 Å². The quantitative estimate of drug-likeness (QED) is 0.624. The van der Waals surface area contributed by atoms with E-state index < -0.39 is 0 Å². The molecule has 0 saturated heterocycles. The van der Waals surface area contributed by atoms with Crippen LogP contribution in [0, 0.1) is 13.8 Å². The number of hydrogen-bond donors (Lipinski definition) is 2. The highest BCUT2D eigenvalue weighted by atomic mass is 16.1. The molecule has 0 atom stereocenters. The fourth-order valence-corrected chi connectivity index (χ4v) is 2.61. The number of hydrogen-bond acceptors (Lipinski definition) is 3. The van der Waals surface area contributed by atoms with Crippen LogP contribution in [-0.4, -0.2) is 18.7 Å². The lowest BCUT2D eigenvalue weighted by atomic mass is 10.1. The van der Waals surface area contributed by atoms with Crippen LogP contribution in [0.15, 0.2) is 59.2 Å². The zero-order chi connectivity index (χ0) is 19.1. The van der Waals surface area contributed by atoms with E-state index in [2.05, 4.69) is 41.5 Å². The first-order valence-electron chi connectivity index (χ1n) is 8.47. The van der Waals surface area contributed by atoms with E-state index in [4.69, 9.17) is 5.73 Å². The zero-order valence-electron chi connectivity index (χ0n) is 15.7. The Morgan fingerprint density at radius 1 is 1.08 bits per heavy atom. The number of aryl methyl sites for hydroxylation is 2. The van der Waals surface area contributed by atoms with Gasteiger partial charge in [-0.05, 0) is 66.9 Å². The molecular weight excluding hydrogens is 322 g/mol. The van der Waals surface area contributed by atoms with E-state index in [1.807, 2.05) is 37.3 Å². The van der Waals surface area contributed by atoms with E-state index in [-0.39, 0.29) is 5.91 Å². The number of aliphatic imine (C=N–C) groups is 1. The molecule has 4 heteroatoms. The molecule has 2 aromatic carbocycles. The molecule has 134 valence electrons. The monoisotopic (exact) mass is 347 g/mol. The van der Waals surface area contributed by atoms with Crippen LogP contribution in [0.5, 0.6) is 0 Å².